The van der Waals surface area contributed by atoms with Gasteiger partial charge in [-0.05, 0) is 0 Å². The molecule has 0 saturated carbocycles. The molecule has 0 fully saturated rings. The van der Waals surface area contributed by atoms with E-state index in [2.05, 4.69) is 25.7 Å². The third-order valence-corrected chi connectivity index (χ3v) is 2.32. The first-order chi connectivity index (χ1) is 7.89. The number of halogens is 5. The van der Waals surface area contributed by atoms with E-state index in [0.717, 1.165) is 6.20 Å². The van der Waals surface area contributed by atoms with Gasteiger partial charge in [-0.15, -0.1) is 13.2 Å². The van der Waals surface area contributed by atoms with Crippen molar-refractivity contribution in [2.75, 3.05) is 0 Å². The van der Waals surface area contributed by atoms with Gasteiger partial charge in [-0.25, -0.2) is 4.39 Å². The maximum Gasteiger partial charge on any atom is 0.573 e. The van der Waals surface area contributed by atoms with E-state index in [1.54, 1.807) is 6.07 Å². The van der Waals surface area contributed by atoms with Crippen LogP contribution < -0.4 is 4.74 Å². The largest absolute Gasteiger partial charge is 0.573 e. The number of nitriles is 1. The Bertz CT molecular complexity index is 456. The van der Waals surface area contributed by atoms with Crippen LogP contribution >= 0.6 is 15.9 Å². The van der Waals surface area contributed by atoms with Gasteiger partial charge in [0.25, 0.3) is 0 Å². The fraction of sp³-hybridized carbons (Fsp3) is 0.333. The number of ether oxygens (including phenoxy) is 1. The van der Waals surface area contributed by atoms with Crippen molar-refractivity contribution in [2.24, 2.45) is 0 Å². The van der Waals surface area contributed by atoms with Gasteiger partial charge < -0.3 is 4.74 Å². The second-order valence-corrected chi connectivity index (χ2v) is 3.44. The predicted molar refractivity (Wildman–Crippen MR) is 52.8 cm³/mol. The highest BCUT2D eigenvalue weighted by Crippen LogP contribution is 2.30. The van der Waals surface area contributed by atoms with E-state index in [1.807, 2.05) is 0 Å². The van der Waals surface area contributed by atoms with Crippen molar-refractivity contribution in [2.45, 2.75) is 18.1 Å². The molecule has 3 nitrogen and oxygen atoms in total. The molecule has 0 bridgehead atoms. The summed E-state index contributed by atoms with van der Waals surface area (Å²) in [7, 11) is 0. The van der Waals surface area contributed by atoms with Crippen molar-refractivity contribution in [3.63, 3.8) is 0 Å². The lowest BCUT2D eigenvalue weighted by Crippen LogP contribution is -2.19. The Labute approximate surface area is 102 Å². The third kappa shape index (κ3) is 3.56. The zero-order valence-electron chi connectivity index (χ0n) is 8.18. The predicted octanol–water partition coefficient (Wildman–Crippen LogP) is 3.08. The van der Waals surface area contributed by atoms with Gasteiger partial charge in [0.05, 0.1) is 24.4 Å². The zero-order chi connectivity index (χ0) is 13.1. The molecule has 1 rings (SSSR count). The van der Waals surface area contributed by atoms with Crippen LogP contribution in [0.1, 0.15) is 11.3 Å². The fourth-order valence-electron chi connectivity index (χ4n) is 1.09. The lowest BCUT2D eigenvalue weighted by molar-refractivity contribution is -0.275. The standard InChI is InChI=1S/C9H5BrF4N2O/c10-3-5-7(17-9(12,13)14)4-16-6(1-2-15)8(5)11/h4H,1,3H2. The first-order valence-electron chi connectivity index (χ1n) is 4.24. The van der Waals surface area contributed by atoms with Crippen LogP contribution in [0.3, 0.4) is 0 Å². The van der Waals surface area contributed by atoms with Gasteiger partial charge in [-0.2, -0.15) is 5.26 Å². The van der Waals surface area contributed by atoms with E-state index in [-0.39, 0.29) is 23.0 Å². The molecule has 17 heavy (non-hydrogen) atoms. The number of pyridine rings is 1. The Morgan fingerprint density at radius 3 is 2.59 bits per heavy atom. The van der Waals surface area contributed by atoms with E-state index in [0.29, 0.717) is 0 Å². The molecule has 0 aliphatic carbocycles. The minimum Gasteiger partial charge on any atom is -0.404 e. The fourth-order valence-corrected chi connectivity index (χ4v) is 1.61. The van der Waals surface area contributed by atoms with E-state index in [4.69, 9.17) is 5.26 Å². The number of alkyl halides is 4. The van der Waals surface area contributed by atoms with Crippen LogP contribution in [0.4, 0.5) is 17.6 Å². The summed E-state index contributed by atoms with van der Waals surface area (Å²) in [6.07, 6.45) is -4.49. The smallest absolute Gasteiger partial charge is 0.404 e. The van der Waals surface area contributed by atoms with Gasteiger partial charge in [-0.3, -0.25) is 4.98 Å². The SMILES string of the molecule is N#CCc1ncc(OC(F)(F)F)c(CBr)c1F. The maximum absolute atomic E-state index is 13.6. The van der Waals surface area contributed by atoms with Crippen molar-refractivity contribution in [1.29, 1.82) is 5.26 Å². The molecule has 92 valence electrons. The van der Waals surface area contributed by atoms with Crippen LogP contribution in [-0.2, 0) is 11.8 Å². The number of aromatic nitrogens is 1. The summed E-state index contributed by atoms with van der Waals surface area (Å²) in [5.41, 5.74) is -0.529. The summed E-state index contributed by atoms with van der Waals surface area (Å²) in [4.78, 5) is 3.42. The van der Waals surface area contributed by atoms with Crippen molar-refractivity contribution in [3.05, 3.63) is 23.3 Å². The summed E-state index contributed by atoms with van der Waals surface area (Å²) in [6, 6.07) is 1.66. The number of nitrogens with zero attached hydrogens (tertiary/aromatic N) is 2. The summed E-state index contributed by atoms with van der Waals surface area (Å²) in [6.45, 7) is 0. The van der Waals surface area contributed by atoms with E-state index >= 15 is 0 Å². The Balaban J connectivity index is 3.17. The van der Waals surface area contributed by atoms with Crippen molar-refractivity contribution in [3.8, 4) is 11.8 Å². The highest BCUT2D eigenvalue weighted by molar-refractivity contribution is 9.08. The lowest BCUT2D eigenvalue weighted by Gasteiger charge is -2.13. The van der Waals surface area contributed by atoms with Gasteiger partial charge in [0, 0.05) is 10.9 Å². The number of hydrogen-bond acceptors (Lipinski definition) is 3. The summed E-state index contributed by atoms with van der Waals surface area (Å²) in [5, 5.41) is 8.21. The summed E-state index contributed by atoms with van der Waals surface area (Å²) >= 11 is 2.85. The molecule has 0 amide bonds. The minimum absolute atomic E-state index is 0.175. The molecule has 0 N–H and O–H groups in total. The average molecular weight is 313 g/mol. The second kappa shape index (κ2) is 5.31. The molecule has 0 atom stereocenters. The second-order valence-electron chi connectivity index (χ2n) is 2.88. The molecule has 1 heterocycles. The normalized spacial score (nSPS) is 11.1. The van der Waals surface area contributed by atoms with E-state index in [1.165, 1.54) is 0 Å². The lowest BCUT2D eigenvalue weighted by atomic mass is 10.2. The molecule has 1 aromatic rings. The molecule has 8 heteroatoms. The third-order valence-electron chi connectivity index (χ3n) is 1.76. The van der Waals surface area contributed by atoms with Crippen LogP contribution in [0.25, 0.3) is 0 Å². The molecule has 0 aliphatic heterocycles. The zero-order valence-corrected chi connectivity index (χ0v) is 9.77. The monoisotopic (exact) mass is 312 g/mol. The average Bonchev–Trinajstić information content (AvgIpc) is 2.21. The van der Waals surface area contributed by atoms with Crippen LogP contribution in [0.5, 0.6) is 5.75 Å². The quantitative estimate of drug-likeness (QED) is 0.636. The highest BCUT2D eigenvalue weighted by Gasteiger charge is 2.33. The molecule has 0 radical (unpaired) electrons. The van der Waals surface area contributed by atoms with Crippen LogP contribution in [0, 0.1) is 17.1 Å². The van der Waals surface area contributed by atoms with Crippen molar-refractivity contribution >= 4 is 15.9 Å². The van der Waals surface area contributed by atoms with E-state index in [9.17, 15) is 17.6 Å². The summed E-state index contributed by atoms with van der Waals surface area (Å²) in [5.74, 6) is -1.68. The number of rotatable bonds is 3. The molecule has 0 saturated heterocycles. The molecule has 0 unspecified atom stereocenters. The molecule has 0 spiro atoms. The van der Waals surface area contributed by atoms with Gasteiger partial charge in [0.1, 0.15) is 0 Å². The first kappa shape index (κ1) is 13.7. The van der Waals surface area contributed by atoms with Gasteiger partial charge >= 0.3 is 6.36 Å². The Hall–Kier alpha value is -1.36. The Morgan fingerprint density at radius 2 is 2.12 bits per heavy atom. The maximum atomic E-state index is 13.6. The molecule has 0 aliphatic rings. The van der Waals surface area contributed by atoms with Crippen LogP contribution in [0.15, 0.2) is 6.20 Å². The molecular weight excluding hydrogens is 308 g/mol. The molecule has 1 aromatic heterocycles. The van der Waals surface area contributed by atoms with Gasteiger partial charge in [0.2, 0.25) is 0 Å². The Kier molecular flexibility index (Phi) is 4.28. The first-order valence-corrected chi connectivity index (χ1v) is 5.36. The van der Waals surface area contributed by atoms with Crippen molar-refractivity contribution in [1.82, 2.24) is 4.98 Å². The molecule has 0 aromatic carbocycles. The minimum atomic E-state index is -4.91. The van der Waals surface area contributed by atoms with E-state index < -0.39 is 17.9 Å². The number of hydrogen-bond donors (Lipinski definition) is 0. The molecular formula is C9H5BrF4N2O. The van der Waals surface area contributed by atoms with Gasteiger partial charge in [0.15, 0.2) is 11.6 Å². The van der Waals surface area contributed by atoms with Crippen molar-refractivity contribution < 1.29 is 22.3 Å². The Morgan fingerprint density at radius 1 is 1.47 bits per heavy atom. The summed E-state index contributed by atoms with van der Waals surface area (Å²) < 4.78 is 53.2. The van der Waals surface area contributed by atoms with Crippen LogP contribution in [0.2, 0.25) is 0 Å². The highest BCUT2D eigenvalue weighted by atomic mass is 79.9. The van der Waals surface area contributed by atoms with Gasteiger partial charge in [-0.1, -0.05) is 15.9 Å². The topological polar surface area (TPSA) is 45.9 Å². The van der Waals surface area contributed by atoms with Crippen LogP contribution in [-0.4, -0.2) is 11.3 Å².